The minimum Gasteiger partial charge on any atom is -0.320 e. The predicted molar refractivity (Wildman–Crippen MR) is 85.8 cm³/mol. The van der Waals surface area contributed by atoms with Crippen molar-refractivity contribution in [2.24, 2.45) is 5.92 Å². The standard InChI is InChI=1S/C16H26N2O2S/c1-16(2,14-8-9-14)18-21(19,20)15-10-6-13(7-11-15)5-4-12-17-3/h6-7,10-11,14,17-18H,4-5,8-9,12H2,1-3H3. The maximum Gasteiger partial charge on any atom is 0.241 e. The molecule has 0 radical (unpaired) electrons. The van der Waals surface area contributed by atoms with Crippen molar-refractivity contribution in [3.8, 4) is 0 Å². The van der Waals surface area contributed by atoms with E-state index in [9.17, 15) is 8.42 Å². The van der Waals surface area contributed by atoms with Gasteiger partial charge in [0.2, 0.25) is 10.0 Å². The van der Waals surface area contributed by atoms with Gasteiger partial charge in [-0.2, -0.15) is 0 Å². The van der Waals surface area contributed by atoms with E-state index in [-0.39, 0.29) is 5.54 Å². The minimum absolute atomic E-state index is 0.355. The van der Waals surface area contributed by atoms with Crippen LogP contribution in [0.2, 0.25) is 0 Å². The third kappa shape index (κ3) is 4.53. The molecule has 0 atom stereocenters. The van der Waals surface area contributed by atoms with Crippen molar-refractivity contribution in [2.45, 2.75) is 50.0 Å². The van der Waals surface area contributed by atoms with E-state index in [0.717, 1.165) is 32.2 Å². The number of rotatable bonds is 8. The highest BCUT2D eigenvalue weighted by atomic mass is 32.2. The van der Waals surface area contributed by atoms with Crippen LogP contribution in [0.15, 0.2) is 29.2 Å². The van der Waals surface area contributed by atoms with E-state index in [1.54, 1.807) is 12.1 Å². The summed E-state index contributed by atoms with van der Waals surface area (Å²) in [5.41, 5.74) is 0.815. The van der Waals surface area contributed by atoms with Crippen LogP contribution in [0.5, 0.6) is 0 Å². The van der Waals surface area contributed by atoms with Crippen molar-refractivity contribution in [3.63, 3.8) is 0 Å². The summed E-state index contributed by atoms with van der Waals surface area (Å²) in [5, 5.41) is 3.11. The molecule has 1 aromatic carbocycles. The molecule has 0 bridgehead atoms. The van der Waals surface area contributed by atoms with Gasteiger partial charge < -0.3 is 5.32 Å². The Morgan fingerprint density at radius 1 is 1.19 bits per heavy atom. The monoisotopic (exact) mass is 310 g/mol. The zero-order valence-corrected chi connectivity index (χ0v) is 14.0. The fourth-order valence-electron chi connectivity index (χ4n) is 2.60. The molecular weight excluding hydrogens is 284 g/mol. The average Bonchev–Trinajstić information content (AvgIpc) is 3.23. The molecule has 1 fully saturated rings. The Balaban J connectivity index is 2.02. The van der Waals surface area contributed by atoms with Crippen molar-refractivity contribution in [1.82, 2.24) is 10.0 Å². The molecule has 1 aliphatic carbocycles. The van der Waals surface area contributed by atoms with Gasteiger partial charge in [0.05, 0.1) is 4.90 Å². The minimum atomic E-state index is -3.43. The maximum atomic E-state index is 12.4. The molecule has 0 amide bonds. The molecule has 1 saturated carbocycles. The summed E-state index contributed by atoms with van der Waals surface area (Å²) in [7, 11) is -1.49. The van der Waals surface area contributed by atoms with E-state index in [4.69, 9.17) is 0 Å². The first kappa shape index (κ1) is 16.5. The fourth-order valence-corrected chi connectivity index (χ4v) is 4.07. The Hall–Kier alpha value is -0.910. The first-order valence-corrected chi connectivity index (χ1v) is 9.11. The number of aryl methyl sites for hydroxylation is 1. The molecule has 5 heteroatoms. The zero-order chi connectivity index (χ0) is 15.5. The molecule has 21 heavy (non-hydrogen) atoms. The molecule has 1 aliphatic rings. The van der Waals surface area contributed by atoms with Crippen LogP contribution < -0.4 is 10.0 Å². The van der Waals surface area contributed by atoms with E-state index in [2.05, 4.69) is 10.0 Å². The molecule has 0 aliphatic heterocycles. The van der Waals surface area contributed by atoms with Crippen molar-refractivity contribution in [2.75, 3.05) is 13.6 Å². The Morgan fingerprint density at radius 2 is 1.81 bits per heavy atom. The summed E-state index contributed by atoms with van der Waals surface area (Å²) in [5.74, 6) is 0.466. The van der Waals surface area contributed by atoms with Crippen LogP contribution in [-0.2, 0) is 16.4 Å². The Kier molecular flexibility index (Phi) is 5.07. The van der Waals surface area contributed by atoms with E-state index in [1.807, 2.05) is 33.0 Å². The molecule has 0 heterocycles. The van der Waals surface area contributed by atoms with Crippen molar-refractivity contribution < 1.29 is 8.42 Å². The molecule has 2 rings (SSSR count). The van der Waals surface area contributed by atoms with Crippen molar-refractivity contribution in [3.05, 3.63) is 29.8 Å². The number of benzene rings is 1. The van der Waals surface area contributed by atoms with Gasteiger partial charge in [0, 0.05) is 5.54 Å². The van der Waals surface area contributed by atoms with E-state index >= 15 is 0 Å². The van der Waals surface area contributed by atoms with Gasteiger partial charge in [-0.1, -0.05) is 12.1 Å². The third-order valence-corrected chi connectivity index (χ3v) is 5.81. The van der Waals surface area contributed by atoms with Crippen molar-refractivity contribution in [1.29, 1.82) is 0 Å². The lowest BCUT2D eigenvalue weighted by Gasteiger charge is -2.25. The van der Waals surface area contributed by atoms with Gasteiger partial charge in [0.1, 0.15) is 0 Å². The highest BCUT2D eigenvalue weighted by Crippen LogP contribution is 2.39. The third-order valence-electron chi connectivity index (χ3n) is 4.12. The van der Waals surface area contributed by atoms with Gasteiger partial charge in [-0.15, -0.1) is 0 Å². The lowest BCUT2D eigenvalue weighted by molar-refractivity contribution is 0.400. The first-order valence-electron chi connectivity index (χ1n) is 7.63. The first-order chi connectivity index (χ1) is 9.85. The van der Waals surface area contributed by atoms with Gasteiger partial charge in [0.15, 0.2) is 0 Å². The molecule has 0 unspecified atom stereocenters. The maximum absolute atomic E-state index is 12.4. The molecule has 118 valence electrons. The lowest BCUT2D eigenvalue weighted by atomic mass is 10.0. The smallest absolute Gasteiger partial charge is 0.241 e. The van der Waals surface area contributed by atoms with E-state index in [1.165, 1.54) is 5.56 Å². The van der Waals surface area contributed by atoms with Gasteiger partial charge in [-0.05, 0) is 76.7 Å². The molecule has 1 aromatic rings. The average molecular weight is 310 g/mol. The second-order valence-electron chi connectivity index (χ2n) is 6.45. The van der Waals surface area contributed by atoms with Crippen LogP contribution >= 0.6 is 0 Å². The van der Waals surface area contributed by atoms with Gasteiger partial charge in [0.25, 0.3) is 0 Å². The quantitative estimate of drug-likeness (QED) is 0.724. The van der Waals surface area contributed by atoms with Crippen LogP contribution in [0.25, 0.3) is 0 Å². The Bertz CT molecular complexity index is 560. The Labute approximate surface area is 128 Å². The Morgan fingerprint density at radius 3 is 2.33 bits per heavy atom. The topological polar surface area (TPSA) is 58.2 Å². The van der Waals surface area contributed by atoms with E-state index < -0.39 is 10.0 Å². The molecule has 0 saturated heterocycles. The summed E-state index contributed by atoms with van der Waals surface area (Å²) >= 11 is 0. The summed E-state index contributed by atoms with van der Waals surface area (Å²) in [6.07, 6.45) is 4.23. The number of sulfonamides is 1. The largest absolute Gasteiger partial charge is 0.320 e. The number of hydrogen-bond acceptors (Lipinski definition) is 3. The molecule has 0 spiro atoms. The van der Waals surface area contributed by atoms with Crippen LogP contribution in [0, 0.1) is 5.92 Å². The number of hydrogen-bond donors (Lipinski definition) is 2. The van der Waals surface area contributed by atoms with Crippen LogP contribution in [-0.4, -0.2) is 27.5 Å². The summed E-state index contributed by atoms with van der Waals surface area (Å²) in [6, 6.07) is 7.24. The summed E-state index contributed by atoms with van der Waals surface area (Å²) < 4.78 is 27.7. The van der Waals surface area contributed by atoms with Crippen LogP contribution in [0.3, 0.4) is 0 Å². The highest BCUT2D eigenvalue weighted by Gasteiger charge is 2.40. The molecule has 0 aromatic heterocycles. The lowest BCUT2D eigenvalue weighted by Crippen LogP contribution is -2.45. The number of nitrogens with one attached hydrogen (secondary N) is 2. The second-order valence-corrected chi connectivity index (χ2v) is 8.13. The normalized spacial score (nSPS) is 16.1. The van der Waals surface area contributed by atoms with Gasteiger partial charge >= 0.3 is 0 Å². The molecular formula is C16H26N2O2S. The molecule has 4 nitrogen and oxygen atoms in total. The summed E-state index contributed by atoms with van der Waals surface area (Å²) in [6.45, 7) is 4.90. The highest BCUT2D eigenvalue weighted by molar-refractivity contribution is 7.89. The summed E-state index contributed by atoms with van der Waals surface area (Å²) in [4.78, 5) is 0.355. The fraction of sp³-hybridized carbons (Fsp3) is 0.625. The van der Waals surface area contributed by atoms with Crippen LogP contribution in [0.4, 0.5) is 0 Å². The molecule has 2 N–H and O–H groups in total. The van der Waals surface area contributed by atoms with Gasteiger partial charge in [-0.25, -0.2) is 13.1 Å². The van der Waals surface area contributed by atoms with E-state index in [0.29, 0.717) is 10.8 Å². The second kappa shape index (κ2) is 6.46. The zero-order valence-electron chi connectivity index (χ0n) is 13.1. The van der Waals surface area contributed by atoms with Crippen LogP contribution in [0.1, 0.15) is 38.7 Å². The van der Waals surface area contributed by atoms with Crippen molar-refractivity contribution >= 4 is 10.0 Å². The van der Waals surface area contributed by atoms with Gasteiger partial charge in [-0.3, -0.25) is 0 Å². The predicted octanol–water partition coefficient (Wildman–Crippen LogP) is 2.31. The SMILES string of the molecule is CNCCCc1ccc(S(=O)(=O)NC(C)(C)C2CC2)cc1.